The molecule has 0 nitrogen and oxygen atoms in total. The van der Waals surface area contributed by atoms with Crippen molar-refractivity contribution in [1.82, 2.24) is 0 Å². The summed E-state index contributed by atoms with van der Waals surface area (Å²) in [7, 11) is 0. The maximum atomic E-state index is 3.85. The summed E-state index contributed by atoms with van der Waals surface area (Å²) in [6.45, 7) is 0. The Labute approximate surface area is 188 Å². The predicted octanol–water partition coefficient (Wildman–Crippen LogP) is 7.14. The van der Waals surface area contributed by atoms with E-state index in [0.717, 1.165) is 6.42 Å². The van der Waals surface area contributed by atoms with Crippen molar-refractivity contribution >= 4 is 38.8 Å². The van der Waals surface area contributed by atoms with Gasteiger partial charge in [-0.25, -0.2) is 0 Å². The van der Waals surface area contributed by atoms with Crippen LogP contribution in [0.2, 0.25) is 0 Å². The first-order valence-corrected chi connectivity index (χ1v) is 12.0. The molecule has 3 aliphatic carbocycles. The summed E-state index contributed by atoms with van der Waals surface area (Å²) in [5, 5.41) is 8.08. The van der Waals surface area contributed by atoms with E-state index in [1.807, 2.05) is 0 Å². The third-order valence-electron chi connectivity index (χ3n) is 7.58. The van der Waals surface area contributed by atoms with Crippen LogP contribution >= 0.6 is 0 Å². The van der Waals surface area contributed by atoms with Gasteiger partial charge in [-0.05, 0) is 98.0 Å². The van der Waals surface area contributed by atoms with Crippen LogP contribution in [0.4, 0.5) is 0 Å². The molecular weight excluding hydrogens is 384 g/mol. The molecule has 3 aliphatic rings. The molecule has 0 unspecified atom stereocenters. The number of benzene rings is 4. The molecule has 0 spiro atoms. The SMILES string of the molecule is [C]1=c2ccc(=C3CCCCC3)c(C3=CC=CC3)c2-c2c1c1ccccc1c1ccccc21. The first-order valence-electron chi connectivity index (χ1n) is 12.0. The van der Waals surface area contributed by atoms with Gasteiger partial charge in [-0.15, -0.1) is 0 Å². The van der Waals surface area contributed by atoms with E-state index in [-0.39, 0.29) is 0 Å². The second kappa shape index (κ2) is 7.07. The molecule has 32 heavy (non-hydrogen) atoms. The molecule has 0 heteroatoms. The summed E-state index contributed by atoms with van der Waals surface area (Å²) >= 11 is 0. The Hall–Kier alpha value is -3.38. The van der Waals surface area contributed by atoms with E-state index in [1.54, 1.807) is 5.57 Å². The van der Waals surface area contributed by atoms with Gasteiger partial charge >= 0.3 is 0 Å². The maximum Gasteiger partial charge on any atom is -0.000695 e. The maximum absolute atomic E-state index is 3.85. The average molecular weight is 410 g/mol. The predicted molar refractivity (Wildman–Crippen MR) is 137 cm³/mol. The van der Waals surface area contributed by atoms with Gasteiger partial charge in [-0.2, -0.15) is 0 Å². The van der Waals surface area contributed by atoms with Crippen LogP contribution in [0, 0.1) is 0 Å². The molecule has 0 amide bonds. The number of fused-ring (bicyclic) bond motifs is 8. The minimum Gasteiger partial charge on any atom is -0.0801 e. The molecule has 1 radical (unpaired) electrons. The lowest BCUT2D eigenvalue weighted by atomic mass is 9.84. The lowest BCUT2D eigenvalue weighted by Crippen LogP contribution is -2.20. The summed E-state index contributed by atoms with van der Waals surface area (Å²) in [6.07, 6.45) is 18.2. The van der Waals surface area contributed by atoms with Crippen LogP contribution in [0.25, 0.3) is 49.9 Å². The van der Waals surface area contributed by atoms with E-state index < -0.39 is 0 Å². The number of rotatable bonds is 1. The summed E-state index contributed by atoms with van der Waals surface area (Å²) in [5.74, 6) is 0. The van der Waals surface area contributed by atoms with E-state index in [1.165, 1.54) is 91.9 Å². The highest BCUT2D eigenvalue weighted by molar-refractivity contribution is 6.20. The van der Waals surface area contributed by atoms with Gasteiger partial charge < -0.3 is 0 Å². The Kier molecular flexibility index (Phi) is 4.02. The van der Waals surface area contributed by atoms with Crippen LogP contribution < -0.4 is 10.4 Å². The van der Waals surface area contributed by atoms with Gasteiger partial charge in [-0.1, -0.05) is 90.9 Å². The first-order chi connectivity index (χ1) is 15.9. The monoisotopic (exact) mass is 409 g/mol. The molecule has 0 aliphatic heterocycles. The third-order valence-corrected chi connectivity index (χ3v) is 7.58. The van der Waals surface area contributed by atoms with Gasteiger partial charge in [0.2, 0.25) is 0 Å². The normalized spacial score (nSPS) is 16.9. The Morgan fingerprint density at radius 2 is 1.34 bits per heavy atom. The summed E-state index contributed by atoms with van der Waals surface area (Å²) in [6, 6.07) is 22.5. The van der Waals surface area contributed by atoms with Gasteiger partial charge in [0.15, 0.2) is 0 Å². The van der Waals surface area contributed by atoms with E-state index in [4.69, 9.17) is 0 Å². The van der Waals surface area contributed by atoms with E-state index >= 15 is 0 Å². The lowest BCUT2D eigenvalue weighted by Gasteiger charge is -2.19. The lowest BCUT2D eigenvalue weighted by molar-refractivity contribution is 0.643. The van der Waals surface area contributed by atoms with Crippen molar-refractivity contribution in [3.63, 3.8) is 0 Å². The highest BCUT2D eigenvalue weighted by Gasteiger charge is 2.25. The van der Waals surface area contributed by atoms with E-state index in [0.29, 0.717) is 0 Å². The molecule has 0 aromatic heterocycles. The van der Waals surface area contributed by atoms with Crippen LogP contribution in [0.1, 0.15) is 49.7 Å². The van der Waals surface area contributed by atoms with Crippen molar-refractivity contribution in [2.75, 3.05) is 0 Å². The van der Waals surface area contributed by atoms with Crippen molar-refractivity contribution < 1.29 is 0 Å². The zero-order valence-electron chi connectivity index (χ0n) is 18.2. The zero-order chi connectivity index (χ0) is 21.1. The molecule has 1 fully saturated rings. The molecular formula is C32H25. The van der Waals surface area contributed by atoms with Crippen molar-refractivity contribution in [3.8, 4) is 11.1 Å². The molecule has 0 saturated heterocycles. The Bertz CT molecular complexity index is 1600. The molecule has 0 heterocycles. The van der Waals surface area contributed by atoms with Gasteiger partial charge in [0.25, 0.3) is 0 Å². The summed E-state index contributed by atoms with van der Waals surface area (Å²) < 4.78 is 0. The molecule has 0 N–H and O–H groups in total. The fourth-order valence-corrected chi connectivity index (χ4v) is 6.14. The minimum absolute atomic E-state index is 1.03. The minimum atomic E-state index is 1.03. The van der Waals surface area contributed by atoms with Crippen molar-refractivity contribution in [2.24, 2.45) is 0 Å². The third kappa shape index (κ3) is 2.56. The van der Waals surface area contributed by atoms with Gasteiger partial charge in [0, 0.05) is 0 Å². The van der Waals surface area contributed by atoms with Crippen LogP contribution in [-0.2, 0) is 0 Å². The fourth-order valence-electron chi connectivity index (χ4n) is 6.14. The van der Waals surface area contributed by atoms with Crippen LogP contribution in [0.5, 0.6) is 0 Å². The second-order valence-electron chi connectivity index (χ2n) is 9.37. The molecule has 7 rings (SSSR count). The summed E-state index contributed by atoms with van der Waals surface area (Å²) in [4.78, 5) is 0. The highest BCUT2D eigenvalue weighted by Crippen LogP contribution is 2.43. The van der Waals surface area contributed by atoms with Crippen LogP contribution in [-0.4, -0.2) is 0 Å². The largest absolute Gasteiger partial charge is 0.0801 e. The average Bonchev–Trinajstić information content (AvgIpc) is 3.53. The van der Waals surface area contributed by atoms with Gasteiger partial charge in [0.1, 0.15) is 0 Å². The highest BCUT2D eigenvalue weighted by atomic mass is 14.3. The number of hydrogen-bond donors (Lipinski definition) is 0. The van der Waals surface area contributed by atoms with Crippen molar-refractivity contribution in [1.29, 1.82) is 0 Å². The Balaban J connectivity index is 1.67. The molecule has 153 valence electrons. The van der Waals surface area contributed by atoms with Crippen LogP contribution in [0.15, 0.2) is 78.9 Å². The van der Waals surface area contributed by atoms with E-state index in [2.05, 4.69) is 85.0 Å². The van der Waals surface area contributed by atoms with Crippen LogP contribution in [0.3, 0.4) is 0 Å². The molecule has 0 bridgehead atoms. The molecule has 4 aromatic carbocycles. The quantitative estimate of drug-likeness (QED) is 0.258. The smallest absolute Gasteiger partial charge is 0.000695 e. The molecule has 0 atom stereocenters. The Morgan fingerprint density at radius 1 is 0.625 bits per heavy atom. The van der Waals surface area contributed by atoms with Gasteiger partial charge in [0.05, 0.1) is 0 Å². The van der Waals surface area contributed by atoms with E-state index in [9.17, 15) is 0 Å². The van der Waals surface area contributed by atoms with Crippen molar-refractivity contribution in [3.05, 3.63) is 100 Å². The first kappa shape index (κ1) is 18.2. The second-order valence-corrected chi connectivity index (χ2v) is 9.37. The number of hydrogen-bond acceptors (Lipinski definition) is 0. The van der Waals surface area contributed by atoms with Crippen molar-refractivity contribution in [2.45, 2.75) is 38.5 Å². The Morgan fingerprint density at radius 3 is 2.09 bits per heavy atom. The molecule has 1 saturated carbocycles. The zero-order valence-corrected chi connectivity index (χ0v) is 18.2. The standard InChI is InChI=1S/C32H25/c1-2-10-21(11-3-1)24-19-18-23-20-29-27-16-7-6-14-25(27)26-15-8-9-17-28(26)32(29)31(23)30(24)22-12-4-5-13-22/h4-9,12,14-19H,1-3,10-11,13H2. The molecule has 4 aromatic rings. The summed E-state index contributed by atoms with van der Waals surface area (Å²) in [5.41, 5.74) is 8.65. The number of allylic oxidation sites excluding steroid dienone is 4. The topological polar surface area (TPSA) is 0 Å². The fraction of sp³-hybridized carbons (Fsp3) is 0.188. The van der Waals surface area contributed by atoms with Gasteiger partial charge in [-0.3, -0.25) is 0 Å².